The Hall–Kier alpha value is -0.830. The summed E-state index contributed by atoms with van der Waals surface area (Å²) >= 11 is 0. The molecule has 1 aliphatic carbocycles. The van der Waals surface area contributed by atoms with Crippen molar-refractivity contribution in [1.29, 1.82) is 0 Å². The number of hydrogen-bond donors (Lipinski definition) is 1. The van der Waals surface area contributed by atoms with Gasteiger partial charge in [-0.15, -0.1) is 0 Å². The summed E-state index contributed by atoms with van der Waals surface area (Å²) in [5.74, 6) is 0. The van der Waals surface area contributed by atoms with E-state index in [1.165, 1.54) is 25.0 Å². The minimum atomic E-state index is -0.0661. The fourth-order valence-electron chi connectivity index (χ4n) is 4.12. The number of carbonyl (C=O) groups excluding carboxylic acids is 1. The van der Waals surface area contributed by atoms with Gasteiger partial charge in [0.1, 0.15) is 0 Å². The highest BCUT2D eigenvalue weighted by molar-refractivity contribution is 5.54. The van der Waals surface area contributed by atoms with E-state index in [-0.39, 0.29) is 16.6 Å². The quantitative estimate of drug-likeness (QED) is 0.800. The molecule has 1 aliphatic heterocycles. The molecule has 3 nitrogen and oxygen atoms in total. The van der Waals surface area contributed by atoms with Gasteiger partial charge in [-0.2, -0.15) is 0 Å². The van der Waals surface area contributed by atoms with E-state index in [2.05, 4.69) is 46.0 Å². The van der Waals surface area contributed by atoms with E-state index in [0.29, 0.717) is 0 Å². The van der Waals surface area contributed by atoms with Crippen molar-refractivity contribution in [1.82, 2.24) is 10.2 Å². The van der Waals surface area contributed by atoms with Crippen LogP contribution in [0.4, 0.5) is 0 Å². The van der Waals surface area contributed by atoms with Crippen molar-refractivity contribution in [3.63, 3.8) is 0 Å². The van der Waals surface area contributed by atoms with Crippen molar-refractivity contribution in [2.24, 2.45) is 0 Å². The van der Waals surface area contributed by atoms with Crippen LogP contribution in [0.2, 0.25) is 0 Å². The molecule has 2 rings (SSSR count). The molecule has 114 valence electrons. The molecule has 0 aromatic carbocycles. The predicted molar refractivity (Wildman–Crippen MR) is 83.4 cm³/mol. The molecule has 2 aliphatic rings. The Morgan fingerprint density at radius 1 is 1.10 bits per heavy atom. The second kappa shape index (κ2) is 5.18. The van der Waals surface area contributed by atoms with Gasteiger partial charge >= 0.3 is 0 Å². The topological polar surface area (TPSA) is 32.3 Å². The Balaban J connectivity index is 2.31. The number of rotatable bonds is 3. The average Bonchev–Trinajstić information content (AvgIpc) is 2.25. The molecule has 0 aromatic heterocycles. The monoisotopic (exact) mass is 278 g/mol. The van der Waals surface area contributed by atoms with Crippen molar-refractivity contribution >= 4 is 6.41 Å². The van der Waals surface area contributed by atoms with Crippen molar-refractivity contribution < 1.29 is 4.79 Å². The number of nitrogens with zero attached hydrogens (tertiary/aromatic N) is 1. The lowest BCUT2D eigenvalue weighted by molar-refractivity contribution is -0.122. The Kier molecular flexibility index (Phi) is 4.03. The first-order chi connectivity index (χ1) is 9.18. The van der Waals surface area contributed by atoms with E-state index in [0.717, 1.165) is 25.7 Å². The Morgan fingerprint density at radius 3 is 2.20 bits per heavy atom. The molecule has 0 saturated heterocycles. The van der Waals surface area contributed by atoms with E-state index in [9.17, 15) is 4.79 Å². The normalized spacial score (nSPS) is 27.6. The summed E-state index contributed by atoms with van der Waals surface area (Å²) in [6.45, 7) is 11.0. The lowest BCUT2D eigenvalue weighted by Gasteiger charge is -2.48. The first-order valence-electron chi connectivity index (χ1n) is 7.93. The summed E-state index contributed by atoms with van der Waals surface area (Å²) in [6, 6.07) is 0. The van der Waals surface area contributed by atoms with Crippen LogP contribution in [0.15, 0.2) is 11.8 Å². The molecular weight excluding hydrogens is 248 g/mol. The predicted octanol–water partition coefficient (Wildman–Crippen LogP) is 3.60. The first-order valence-corrected chi connectivity index (χ1v) is 7.93. The van der Waals surface area contributed by atoms with Gasteiger partial charge in [0.05, 0.1) is 0 Å². The van der Waals surface area contributed by atoms with Crippen LogP contribution in [0.5, 0.6) is 0 Å². The SMILES string of the molecule is CC1(C)C=C(N(C=O)C2(C)CCCCC2)CC(C)(C)N1. The van der Waals surface area contributed by atoms with Crippen LogP contribution in [0, 0.1) is 0 Å². The van der Waals surface area contributed by atoms with Crippen molar-refractivity contribution in [3.8, 4) is 0 Å². The minimum Gasteiger partial charge on any atom is -0.313 e. The molecule has 0 radical (unpaired) electrons. The first kappa shape index (κ1) is 15.6. The summed E-state index contributed by atoms with van der Waals surface area (Å²) in [6.07, 6.45) is 10.2. The maximum atomic E-state index is 11.8. The molecule has 1 heterocycles. The fourth-order valence-corrected chi connectivity index (χ4v) is 4.12. The molecule has 0 aromatic rings. The van der Waals surface area contributed by atoms with E-state index in [1.807, 2.05) is 4.90 Å². The Morgan fingerprint density at radius 2 is 1.70 bits per heavy atom. The zero-order valence-corrected chi connectivity index (χ0v) is 13.8. The molecule has 0 atom stereocenters. The zero-order valence-electron chi connectivity index (χ0n) is 13.8. The van der Waals surface area contributed by atoms with Crippen LogP contribution >= 0.6 is 0 Å². The Labute approximate surface area is 123 Å². The molecule has 0 spiro atoms. The number of carbonyl (C=O) groups is 1. The van der Waals surface area contributed by atoms with Crippen LogP contribution in [0.1, 0.15) is 73.1 Å². The largest absolute Gasteiger partial charge is 0.313 e. The van der Waals surface area contributed by atoms with Crippen LogP contribution in [-0.2, 0) is 4.79 Å². The van der Waals surface area contributed by atoms with Gasteiger partial charge in [0, 0.05) is 28.7 Å². The average molecular weight is 278 g/mol. The van der Waals surface area contributed by atoms with Gasteiger partial charge < -0.3 is 10.2 Å². The maximum Gasteiger partial charge on any atom is 0.214 e. The molecule has 3 heteroatoms. The van der Waals surface area contributed by atoms with Gasteiger partial charge in [-0.1, -0.05) is 19.3 Å². The van der Waals surface area contributed by atoms with Crippen LogP contribution in [0.25, 0.3) is 0 Å². The lowest BCUT2D eigenvalue weighted by atomic mass is 9.79. The fraction of sp³-hybridized carbons (Fsp3) is 0.824. The number of amides is 1. The zero-order chi connectivity index (χ0) is 15.0. The highest BCUT2D eigenvalue weighted by Gasteiger charge is 2.40. The van der Waals surface area contributed by atoms with Gasteiger partial charge in [0.2, 0.25) is 6.41 Å². The molecule has 1 N–H and O–H groups in total. The van der Waals surface area contributed by atoms with Crippen LogP contribution in [0.3, 0.4) is 0 Å². The van der Waals surface area contributed by atoms with Crippen molar-refractivity contribution in [2.75, 3.05) is 0 Å². The third kappa shape index (κ3) is 3.25. The van der Waals surface area contributed by atoms with Crippen LogP contribution in [-0.4, -0.2) is 27.9 Å². The second-order valence-electron chi connectivity index (χ2n) is 8.08. The van der Waals surface area contributed by atoms with E-state index >= 15 is 0 Å². The second-order valence-corrected chi connectivity index (χ2v) is 8.08. The third-order valence-corrected chi connectivity index (χ3v) is 4.74. The molecule has 0 bridgehead atoms. The summed E-state index contributed by atoms with van der Waals surface area (Å²) in [7, 11) is 0. The third-order valence-electron chi connectivity index (χ3n) is 4.74. The van der Waals surface area contributed by atoms with E-state index in [4.69, 9.17) is 0 Å². The molecule has 0 unspecified atom stereocenters. The minimum absolute atomic E-state index is 0.00926. The molecule has 1 fully saturated rings. The van der Waals surface area contributed by atoms with E-state index in [1.54, 1.807) is 0 Å². The van der Waals surface area contributed by atoms with E-state index < -0.39 is 0 Å². The lowest BCUT2D eigenvalue weighted by Crippen LogP contribution is -2.57. The standard InChI is InChI=1S/C17H30N2O/c1-15(2)11-14(12-16(3,4)18-15)19(13-20)17(5)9-7-6-8-10-17/h11,13,18H,6-10,12H2,1-5H3. The van der Waals surface area contributed by atoms with Gasteiger partial charge in [-0.25, -0.2) is 0 Å². The van der Waals surface area contributed by atoms with Crippen molar-refractivity contribution in [2.45, 2.75) is 89.8 Å². The highest BCUT2D eigenvalue weighted by atomic mass is 16.1. The van der Waals surface area contributed by atoms with Gasteiger partial charge in [-0.3, -0.25) is 4.79 Å². The Bertz CT molecular complexity index is 403. The summed E-state index contributed by atoms with van der Waals surface area (Å²) in [4.78, 5) is 13.8. The summed E-state index contributed by atoms with van der Waals surface area (Å²) in [5, 5.41) is 3.64. The van der Waals surface area contributed by atoms with Gasteiger partial charge in [0.25, 0.3) is 0 Å². The molecule has 1 amide bonds. The summed E-state index contributed by atoms with van der Waals surface area (Å²) in [5.41, 5.74) is 1.16. The highest BCUT2D eigenvalue weighted by Crippen LogP contribution is 2.38. The number of nitrogens with one attached hydrogen (secondary N) is 1. The van der Waals surface area contributed by atoms with Crippen LogP contribution < -0.4 is 5.32 Å². The molecule has 1 saturated carbocycles. The summed E-state index contributed by atoms with van der Waals surface area (Å²) < 4.78 is 0. The molecular formula is C17H30N2O. The smallest absolute Gasteiger partial charge is 0.214 e. The van der Waals surface area contributed by atoms with Gasteiger partial charge in [0.15, 0.2) is 0 Å². The number of hydrogen-bond acceptors (Lipinski definition) is 2. The molecule has 20 heavy (non-hydrogen) atoms. The van der Waals surface area contributed by atoms with Gasteiger partial charge in [-0.05, 0) is 53.5 Å². The van der Waals surface area contributed by atoms with Crippen molar-refractivity contribution in [3.05, 3.63) is 11.8 Å². The maximum absolute atomic E-state index is 11.8.